The van der Waals surface area contributed by atoms with E-state index in [1.807, 2.05) is 13.8 Å². The Morgan fingerprint density at radius 2 is 2.00 bits per heavy atom. The number of nitrogens with one attached hydrogen (secondary N) is 1. The standard InChI is InChI=1S/C15H28N2O2/c1-5-9-16-12(6-2)8-7-10-17-13(18)11-15(3,4)14(17)19/h12,16H,5-11H2,1-4H3. The highest BCUT2D eigenvalue weighted by molar-refractivity contribution is 6.05. The summed E-state index contributed by atoms with van der Waals surface area (Å²) in [6, 6.07) is 0.501. The van der Waals surface area contributed by atoms with Gasteiger partial charge in [-0.15, -0.1) is 0 Å². The van der Waals surface area contributed by atoms with Crippen LogP contribution in [0.4, 0.5) is 0 Å². The molecule has 4 heteroatoms. The van der Waals surface area contributed by atoms with E-state index < -0.39 is 5.41 Å². The summed E-state index contributed by atoms with van der Waals surface area (Å²) in [5, 5.41) is 3.49. The second-order valence-corrected chi connectivity index (χ2v) is 6.11. The molecule has 0 aliphatic carbocycles. The summed E-state index contributed by atoms with van der Waals surface area (Å²) in [6.45, 7) is 9.64. The third-order valence-corrected chi connectivity index (χ3v) is 3.83. The van der Waals surface area contributed by atoms with Crippen molar-refractivity contribution in [2.75, 3.05) is 13.1 Å². The van der Waals surface area contributed by atoms with Gasteiger partial charge < -0.3 is 5.32 Å². The van der Waals surface area contributed by atoms with E-state index in [9.17, 15) is 9.59 Å². The van der Waals surface area contributed by atoms with Crippen molar-refractivity contribution in [3.8, 4) is 0 Å². The highest BCUT2D eigenvalue weighted by Crippen LogP contribution is 2.31. The zero-order valence-electron chi connectivity index (χ0n) is 12.8. The number of likely N-dealkylation sites (tertiary alicyclic amines) is 1. The van der Waals surface area contributed by atoms with E-state index in [4.69, 9.17) is 0 Å². The van der Waals surface area contributed by atoms with Crippen LogP contribution in [-0.2, 0) is 9.59 Å². The van der Waals surface area contributed by atoms with Crippen LogP contribution in [0.3, 0.4) is 0 Å². The topological polar surface area (TPSA) is 49.4 Å². The summed E-state index contributed by atoms with van der Waals surface area (Å²) in [6.07, 6.45) is 4.50. The maximum absolute atomic E-state index is 12.0. The Labute approximate surface area is 116 Å². The number of imide groups is 1. The zero-order valence-corrected chi connectivity index (χ0v) is 12.8. The largest absolute Gasteiger partial charge is 0.314 e. The van der Waals surface area contributed by atoms with Gasteiger partial charge >= 0.3 is 0 Å². The summed E-state index contributed by atoms with van der Waals surface area (Å²) in [4.78, 5) is 25.3. The first-order valence-corrected chi connectivity index (χ1v) is 7.50. The predicted octanol–water partition coefficient (Wildman–Crippen LogP) is 2.33. The molecule has 0 bridgehead atoms. The van der Waals surface area contributed by atoms with E-state index in [1.54, 1.807) is 0 Å². The van der Waals surface area contributed by atoms with Crippen molar-refractivity contribution in [3.63, 3.8) is 0 Å². The molecular weight excluding hydrogens is 240 g/mol. The molecule has 110 valence electrons. The molecule has 1 aliphatic heterocycles. The summed E-state index contributed by atoms with van der Waals surface area (Å²) in [5.41, 5.74) is -0.498. The van der Waals surface area contributed by atoms with E-state index in [1.165, 1.54) is 4.90 Å². The van der Waals surface area contributed by atoms with Crippen LogP contribution in [0.1, 0.15) is 59.8 Å². The average Bonchev–Trinajstić information content (AvgIpc) is 2.55. The van der Waals surface area contributed by atoms with Crippen LogP contribution in [0.2, 0.25) is 0 Å². The number of rotatable bonds is 8. The summed E-state index contributed by atoms with van der Waals surface area (Å²) in [7, 11) is 0. The molecule has 0 aromatic carbocycles. The first kappa shape index (κ1) is 16.2. The lowest BCUT2D eigenvalue weighted by molar-refractivity contribution is -0.140. The van der Waals surface area contributed by atoms with Crippen molar-refractivity contribution in [2.45, 2.75) is 65.8 Å². The number of carbonyl (C=O) groups excluding carboxylic acids is 2. The molecule has 0 aromatic heterocycles. The highest BCUT2D eigenvalue weighted by Gasteiger charge is 2.44. The summed E-state index contributed by atoms with van der Waals surface area (Å²) in [5.74, 6) is -0.0170. The minimum atomic E-state index is -0.498. The third-order valence-electron chi connectivity index (χ3n) is 3.83. The van der Waals surface area contributed by atoms with Crippen molar-refractivity contribution in [1.82, 2.24) is 10.2 Å². The van der Waals surface area contributed by atoms with Crippen LogP contribution in [0.15, 0.2) is 0 Å². The van der Waals surface area contributed by atoms with Crippen LogP contribution >= 0.6 is 0 Å². The Bertz CT molecular complexity index is 326. The zero-order chi connectivity index (χ0) is 14.5. The summed E-state index contributed by atoms with van der Waals surface area (Å²) >= 11 is 0. The summed E-state index contributed by atoms with van der Waals surface area (Å²) < 4.78 is 0. The Morgan fingerprint density at radius 3 is 2.47 bits per heavy atom. The molecule has 1 heterocycles. The minimum Gasteiger partial charge on any atom is -0.314 e. The van der Waals surface area contributed by atoms with Gasteiger partial charge in [0.2, 0.25) is 11.8 Å². The first-order valence-electron chi connectivity index (χ1n) is 7.50. The SMILES string of the molecule is CCCNC(CC)CCCN1C(=O)CC(C)(C)C1=O. The Kier molecular flexibility index (Phi) is 5.98. The van der Waals surface area contributed by atoms with Crippen molar-refractivity contribution < 1.29 is 9.59 Å². The van der Waals surface area contributed by atoms with E-state index in [0.29, 0.717) is 19.0 Å². The molecule has 1 unspecified atom stereocenters. The predicted molar refractivity (Wildman–Crippen MR) is 76.7 cm³/mol. The van der Waals surface area contributed by atoms with Crippen LogP contribution in [0.25, 0.3) is 0 Å². The van der Waals surface area contributed by atoms with Crippen LogP contribution in [0, 0.1) is 5.41 Å². The molecule has 0 spiro atoms. The number of nitrogens with zero attached hydrogens (tertiary/aromatic N) is 1. The van der Waals surface area contributed by atoms with Crippen molar-refractivity contribution in [3.05, 3.63) is 0 Å². The fraction of sp³-hybridized carbons (Fsp3) is 0.867. The lowest BCUT2D eigenvalue weighted by atomic mass is 9.92. The quantitative estimate of drug-likeness (QED) is 0.687. The van der Waals surface area contributed by atoms with Gasteiger partial charge in [-0.1, -0.05) is 27.7 Å². The maximum Gasteiger partial charge on any atom is 0.235 e. The molecule has 1 atom stereocenters. The number of carbonyl (C=O) groups is 2. The second-order valence-electron chi connectivity index (χ2n) is 6.11. The lowest BCUT2D eigenvalue weighted by Gasteiger charge is -2.20. The molecule has 0 aromatic rings. The van der Waals surface area contributed by atoms with Gasteiger partial charge in [0.25, 0.3) is 0 Å². The highest BCUT2D eigenvalue weighted by atomic mass is 16.2. The fourth-order valence-electron chi connectivity index (χ4n) is 2.55. The molecule has 2 amide bonds. The van der Waals surface area contributed by atoms with Gasteiger partial charge in [0, 0.05) is 19.0 Å². The first-order chi connectivity index (χ1) is 8.92. The van der Waals surface area contributed by atoms with Crippen LogP contribution < -0.4 is 5.32 Å². The van der Waals surface area contributed by atoms with Crippen molar-refractivity contribution in [2.24, 2.45) is 5.41 Å². The minimum absolute atomic E-state index is 0.00735. The lowest BCUT2D eigenvalue weighted by Crippen LogP contribution is -2.35. The Balaban J connectivity index is 2.36. The van der Waals surface area contributed by atoms with Crippen LogP contribution in [-0.4, -0.2) is 35.8 Å². The molecule has 0 saturated carbocycles. The molecule has 1 saturated heterocycles. The monoisotopic (exact) mass is 268 g/mol. The van der Waals surface area contributed by atoms with E-state index in [0.717, 1.165) is 32.2 Å². The third kappa shape index (κ3) is 4.30. The average molecular weight is 268 g/mol. The smallest absolute Gasteiger partial charge is 0.235 e. The molecule has 1 rings (SSSR count). The van der Waals surface area contributed by atoms with Crippen molar-refractivity contribution >= 4 is 11.8 Å². The number of hydrogen-bond donors (Lipinski definition) is 1. The van der Waals surface area contributed by atoms with Gasteiger partial charge in [-0.05, 0) is 32.2 Å². The van der Waals surface area contributed by atoms with Gasteiger partial charge in [0.1, 0.15) is 0 Å². The fourth-order valence-corrected chi connectivity index (χ4v) is 2.55. The molecule has 0 radical (unpaired) electrons. The van der Waals surface area contributed by atoms with Gasteiger partial charge in [-0.2, -0.15) is 0 Å². The maximum atomic E-state index is 12.0. The molecule has 4 nitrogen and oxygen atoms in total. The number of hydrogen-bond acceptors (Lipinski definition) is 3. The van der Waals surface area contributed by atoms with Crippen LogP contribution in [0.5, 0.6) is 0 Å². The Hall–Kier alpha value is -0.900. The molecular formula is C15H28N2O2. The van der Waals surface area contributed by atoms with E-state index >= 15 is 0 Å². The van der Waals surface area contributed by atoms with Crippen molar-refractivity contribution in [1.29, 1.82) is 0 Å². The molecule has 1 aliphatic rings. The second kappa shape index (κ2) is 7.04. The van der Waals surface area contributed by atoms with Gasteiger partial charge in [0.05, 0.1) is 5.41 Å². The Morgan fingerprint density at radius 1 is 1.32 bits per heavy atom. The normalized spacial score (nSPS) is 20.1. The van der Waals surface area contributed by atoms with E-state index in [-0.39, 0.29) is 11.8 Å². The molecule has 1 fully saturated rings. The van der Waals surface area contributed by atoms with Gasteiger partial charge in [-0.25, -0.2) is 0 Å². The number of amides is 2. The van der Waals surface area contributed by atoms with E-state index in [2.05, 4.69) is 19.2 Å². The molecule has 1 N–H and O–H groups in total. The van der Waals surface area contributed by atoms with Gasteiger partial charge in [0.15, 0.2) is 0 Å². The molecule has 19 heavy (non-hydrogen) atoms. The van der Waals surface area contributed by atoms with Gasteiger partial charge in [-0.3, -0.25) is 14.5 Å².